The molecule has 1 amide bonds. The second-order valence-electron chi connectivity index (χ2n) is 10.7. The summed E-state index contributed by atoms with van der Waals surface area (Å²) in [6.07, 6.45) is 4.94. The Labute approximate surface area is 231 Å². The van der Waals surface area contributed by atoms with E-state index in [1.54, 1.807) is 11.3 Å². The van der Waals surface area contributed by atoms with E-state index in [9.17, 15) is 9.59 Å². The molecule has 2 aliphatic heterocycles. The van der Waals surface area contributed by atoms with E-state index < -0.39 is 5.97 Å². The maximum absolute atomic E-state index is 13.4. The van der Waals surface area contributed by atoms with Crippen molar-refractivity contribution in [3.05, 3.63) is 70.5 Å². The molecule has 9 heteroatoms. The van der Waals surface area contributed by atoms with Crippen LogP contribution in [0.4, 0.5) is 0 Å². The Bertz CT molecular complexity index is 1500. The first-order valence-electron chi connectivity index (χ1n) is 13.6. The highest BCUT2D eigenvalue weighted by Crippen LogP contribution is 2.34. The fourth-order valence-corrected chi connectivity index (χ4v) is 7.04. The lowest BCUT2D eigenvalue weighted by Gasteiger charge is -2.33. The smallest absolute Gasteiger partial charge is 0.317 e. The number of hydrogen-bond acceptors (Lipinski definition) is 6. The SMILES string of the molecule is Cc1nc(-c2ccccc2)sc1Cn1c2c(c3cccnc31)CCN(C(=O)CC1CCN(CC(=O)O)CC1)C2. The van der Waals surface area contributed by atoms with Crippen LogP contribution in [-0.4, -0.2) is 67.5 Å². The van der Waals surface area contributed by atoms with Gasteiger partial charge in [-0.25, -0.2) is 9.97 Å². The number of carboxylic acid groups (broad SMARTS) is 1. The van der Waals surface area contributed by atoms with Crippen molar-refractivity contribution in [2.45, 2.75) is 45.7 Å². The Kier molecular flexibility index (Phi) is 7.18. The van der Waals surface area contributed by atoms with Crippen LogP contribution < -0.4 is 0 Å². The lowest BCUT2D eigenvalue weighted by molar-refractivity contribution is -0.139. The van der Waals surface area contributed by atoms with E-state index >= 15 is 0 Å². The number of likely N-dealkylation sites (tertiary alicyclic amines) is 1. The van der Waals surface area contributed by atoms with E-state index in [2.05, 4.69) is 29.7 Å². The number of nitrogens with zero attached hydrogens (tertiary/aromatic N) is 5. The van der Waals surface area contributed by atoms with Crippen LogP contribution >= 0.6 is 11.3 Å². The third-order valence-corrected chi connectivity index (χ3v) is 9.30. The van der Waals surface area contributed by atoms with Crippen molar-refractivity contribution in [3.63, 3.8) is 0 Å². The maximum atomic E-state index is 13.4. The van der Waals surface area contributed by atoms with Crippen LogP contribution in [0, 0.1) is 12.8 Å². The van der Waals surface area contributed by atoms with Gasteiger partial charge in [-0.3, -0.25) is 14.5 Å². The van der Waals surface area contributed by atoms with Crippen molar-refractivity contribution in [2.24, 2.45) is 5.92 Å². The highest BCUT2D eigenvalue weighted by atomic mass is 32.1. The van der Waals surface area contributed by atoms with Gasteiger partial charge in [0.15, 0.2) is 0 Å². The number of carboxylic acids is 1. The third-order valence-electron chi connectivity index (χ3n) is 8.11. The molecule has 5 heterocycles. The molecule has 0 unspecified atom stereocenters. The molecule has 202 valence electrons. The molecule has 0 spiro atoms. The number of pyridine rings is 1. The van der Waals surface area contributed by atoms with Gasteiger partial charge in [-0.05, 0) is 62.9 Å². The fourth-order valence-electron chi connectivity index (χ4n) is 5.98. The standard InChI is InChI=1S/C30H33N5O3S/c1-20-26(39-30(32-20)22-6-3-2-4-7-22)18-35-25-17-34(15-11-23(25)24-8-5-12-31-29(24)35)27(36)16-21-9-13-33(14-10-21)19-28(37)38/h2-8,12,21H,9-11,13-19H2,1H3,(H,37,38). The third kappa shape index (κ3) is 5.33. The van der Waals surface area contributed by atoms with Gasteiger partial charge in [0.2, 0.25) is 5.91 Å². The largest absolute Gasteiger partial charge is 0.480 e. The van der Waals surface area contributed by atoms with Crippen molar-refractivity contribution < 1.29 is 14.7 Å². The Morgan fingerprint density at radius 1 is 1.08 bits per heavy atom. The monoisotopic (exact) mass is 543 g/mol. The molecular weight excluding hydrogens is 510 g/mol. The minimum atomic E-state index is -0.789. The van der Waals surface area contributed by atoms with Crippen molar-refractivity contribution in [2.75, 3.05) is 26.2 Å². The minimum Gasteiger partial charge on any atom is -0.480 e. The van der Waals surface area contributed by atoms with E-state index in [-0.39, 0.29) is 12.5 Å². The lowest BCUT2D eigenvalue weighted by Crippen LogP contribution is -2.41. The molecule has 1 N–H and O–H groups in total. The number of benzene rings is 1. The topological polar surface area (TPSA) is 91.6 Å². The van der Waals surface area contributed by atoms with E-state index in [0.717, 1.165) is 60.8 Å². The first-order chi connectivity index (χ1) is 19.0. The molecule has 2 aliphatic rings. The van der Waals surface area contributed by atoms with Crippen molar-refractivity contribution in [3.8, 4) is 10.6 Å². The van der Waals surface area contributed by atoms with Gasteiger partial charge in [-0.15, -0.1) is 11.3 Å². The zero-order valence-electron chi connectivity index (χ0n) is 22.2. The molecule has 0 saturated carbocycles. The summed E-state index contributed by atoms with van der Waals surface area (Å²) in [4.78, 5) is 39.2. The van der Waals surface area contributed by atoms with Gasteiger partial charge in [0, 0.05) is 40.7 Å². The van der Waals surface area contributed by atoms with Crippen molar-refractivity contribution in [1.82, 2.24) is 24.3 Å². The molecule has 0 bridgehead atoms. The highest BCUT2D eigenvalue weighted by Gasteiger charge is 2.30. The number of amides is 1. The molecular formula is C30H33N5O3S. The molecule has 8 nitrogen and oxygen atoms in total. The van der Waals surface area contributed by atoms with E-state index in [0.29, 0.717) is 25.4 Å². The summed E-state index contributed by atoms with van der Waals surface area (Å²) in [7, 11) is 0. The summed E-state index contributed by atoms with van der Waals surface area (Å²) in [6.45, 7) is 5.63. The fraction of sp³-hybridized carbons (Fsp3) is 0.400. The van der Waals surface area contributed by atoms with Crippen LogP contribution in [0.2, 0.25) is 0 Å². The molecule has 1 saturated heterocycles. The number of fused-ring (bicyclic) bond motifs is 3. The lowest BCUT2D eigenvalue weighted by atomic mass is 9.92. The number of aryl methyl sites for hydroxylation is 1. The number of rotatable bonds is 7. The van der Waals surface area contributed by atoms with E-state index in [1.165, 1.54) is 21.5 Å². The van der Waals surface area contributed by atoms with Crippen LogP contribution in [0.25, 0.3) is 21.6 Å². The second kappa shape index (κ2) is 10.9. The van der Waals surface area contributed by atoms with Crippen LogP contribution in [0.5, 0.6) is 0 Å². The number of aromatic nitrogens is 3. The van der Waals surface area contributed by atoms with Crippen molar-refractivity contribution >= 4 is 34.2 Å². The highest BCUT2D eigenvalue weighted by molar-refractivity contribution is 7.15. The summed E-state index contributed by atoms with van der Waals surface area (Å²) >= 11 is 1.72. The number of aliphatic carboxylic acids is 1. The van der Waals surface area contributed by atoms with Gasteiger partial charge in [0.1, 0.15) is 10.7 Å². The first-order valence-corrected chi connectivity index (χ1v) is 14.5. The molecule has 0 aliphatic carbocycles. The molecule has 6 rings (SSSR count). The number of thiazole rings is 1. The Morgan fingerprint density at radius 3 is 2.64 bits per heavy atom. The maximum Gasteiger partial charge on any atom is 0.317 e. The van der Waals surface area contributed by atoms with Crippen LogP contribution in [0.3, 0.4) is 0 Å². The van der Waals surface area contributed by atoms with Gasteiger partial charge < -0.3 is 14.6 Å². The predicted molar refractivity (Wildman–Crippen MR) is 152 cm³/mol. The number of carbonyl (C=O) groups is 2. The average molecular weight is 544 g/mol. The van der Waals surface area contributed by atoms with Gasteiger partial charge in [0.05, 0.1) is 25.3 Å². The Hall–Kier alpha value is -3.56. The summed E-state index contributed by atoms with van der Waals surface area (Å²) in [5.41, 5.74) is 5.60. The summed E-state index contributed by atoms with van der Waals surface area (Å²) in [5.74, 6) is -0.279. The molecule has 0 radical (unpaired) electrons. The summed E-state index contributed by atoms with van der Waals surface area (Å²) in [6, 6.07) is 14.4. The van der Waals surface area contributed by atoms with Crippen LogP contribution in [-0.2, 0) is 29.1 Å². The normalized spacial score (nSPS) is 16.5. The van der Waals surface area contributed by atoms with E-state index in [4.69, 9.17) is 15.1 Å². The first kappa shape index (κ1) is 25.7. The molecule has 39 heavy (non-hydrogen) atoms. The van der Waals surface area contributed by atoms with Gasteiger partial charge >= 0.3 is 5.97 Å². The van der Waals surface area contributed by atoms with Gasteiger partial charge in [-0.1, -0.05) is 30.3 Å². The summed E-state index contributed by atoms with van der Waals surface area (Å²) in [5, 5.41) is 11.2. The molecule has 4 aromatic rings. The average Bonchev–Trinajstić information content (AvgIpc) is 3.47. The molecule has 1 fully saturated rings. The second-order valence-corrected chi connectivity index (χ2v) is 11.7. The Balaban J connectivity index is 1.21. The zero-order valence-corrected chi connectivity index (χ0v) is 23.0. The van der Waals surface area contributed by atoms with Crippen molar-refractivity contribution in [1.29, 1.82) is 0 Å². The Morgan fingerprint density at radius 2 is 1.87 bits per heavy atom. The predicted octanol–water partition coefficient (Wildman–Crippen LogP) is 4.59. The minimum absolute atomic E-state index is 0.0836. The number of hydrogen-bond donors (Lipinski definition) is 1. The molecule has 1 aromatic carbocycles. The van der Waals surface area contributed by atoms with Crippen LogP contribution in [0.1, 0.15) is 41.1 Å². The van der Waals surface area contributed by atoms with Crippen LogP contribution in [0.15, 0.2) is 48.7 Å². The van der Waals surface area contributed by atoms with Gasteiger partial charge in [0.25, 0.3) is 0 Å². The van der Waals surface area contributed by atoms with Gasteiger partial charge in [-0.2, -0.15) is 0 Å². The summed E-state index contributed by atoms with van der Waals surface area (Å²) < 4.78 is 2.30. The van der Waals surface area contributed by atoms with E-state index in [1.807, 2.05) is 40.3 Å². The number of piperidine rings is 1. The molecule has 3 aromatic heterocycles. The number of carbonyl (C=O) groups excluding carboxylic acids is 1. The quantitative estimate of drug-likeness (QED) is 0.367. The zero-order chi connectivity index (χ0) is 26.9. The molecule has 0 atom stereocenters.